The highest BCUT2D eigenvalue weighted by molar-refractivity contribution is 7.62. The number of fused-ring (bicyclic) bond motifs is 1. The molecular formula is C15H19N2O6P. The lowest BCUT2D eigenvalue weighted by atomic mass is 10.1. The van der Waals surface area contributed by atoms with E-state index in [2.05, 4.69) is 10.2 Å². The second-order valence-electron chi connectivity index (χ2n) is 4.96. The maximum atomic E-state index is 13.1. The Balaban J connectivity index is 2.13. The molecule has 130 valence electrons. The molecule has 24 heavy (non-hydrogen) atoms. The van der Waals surface area contributed by atoms with Gasteiger partial charge in [-0.2, -0.15) is 5.10 Å². The minimum absolute atomic E-state index is 0.147. The number of nitrogens with zero attached hydrogens (tertiary/aromatic N) is 1. The van der Waals surface area contributed by atoms with Gasteiger partial charge >= 0.3 is 7.60 Å². The van der Waals surface area contributed by atoms with Crippen LogP contribution in [0, 0.1) is 0 Å². The van der Waals surface area contributed by atoms with E-state index in [1.807, 2.05) is 0 Å². The summed E-state index contributed by atoms with van der Waals surface area (Å²) >= 11 is 0. The van der Waals surface area contributed by atoms with Crippen LogP contribution in [0.3, 0.4) is 0 Å². The standard InChI is InChI=1S/C15H19N2O6P/c1-3-22-24(19,23-4-2)15-14(11(8-18)16-17-15)10-5-6-12-13(7-10)21-9-20-12/h5-7,18H,3-4,8-9H2,1-2H3,(H,16,17). The molecule has 0 aliphatic carbocycles. The number of H-pyrrole nitrogens is 1. The zero-order chi connectivity index (χ0) is 17.2. The van der Waals surface area contributed by atoms with Crippen LogP contribution >= 0.6 is 7.60 Å². The molecular weight excluding hydrogens is 335 g/mol. The number of aromatic nitrogens is 2. The fraction of sp³-hybridized carbons (Fsp3) is 0.400. The first-order chi connectivity index (χ1) is 11.6. The monoisotopic (exact) mass is 354 g/mol. The molecule has 0 spiro atoms. The second-order valence-corrected chi connectivity index (χ2v) is 6.89. The summed E-state index contributed by atoms with van der Waals surface area (Å²) in [5.74, 6) is 1.21. The number of benzene rings is 1. The lowest BCUT2D eigenvalue weighted by Gasteiger charge is -2.16. The second kappa shape index (κ2) is 6.94. The molecule has 0 amide bonds. The predicted molar refractivity (Wildman–Crippen MR) is 86.6 cm³/mol. The van der Waals surface area contributed by atoms with Gasteiger partial charge in [-0.3, -0.25) is 9.66 Å². The van der Waals surface area contributed by atoms with E-state index < -0.39 is 7.60 Å². The average Bonchev–Trinajstić information content (AvgIpc) is 3.21. The van der Waals surface area contributed by atoms with Crippen molar-refractivity contribution in [1.82, 2.24) is 10.2 Å². The van der Waals surface area contributed by atoms with Crippen LogP contribution in [-0.2, 0) is 20.2 Å². The molecule has 1 aliphatic rings. The van der Waals surface area contributed by atoms with Crippen molar-refractivity contribution in [2.45, 2.75) is 20.5 Å². The highest BCUT2D eigenvalue weighted by Crippen LogP contribution is 2.49. The van der Waals surface area contributed by atoms with Crippen LogP contribution < -0.4 is 14.9 Å². The van der Waals surface area contributed by atoms with E-state index in [0.29, 0.717) is 28.3 Å². The first-order valence-electron chi connectivity index (χ1n) is 7.60. The molecule has 2 aromatic rings. The summed E-state index contributed by atoms with van der Waals surface area (Å²) in [6, 6.07) is 5.28. The predicted octanol–water partition coefficient (Wildman–Crippen LogP) is 2.19. The molecule has 0 saturated carbocycles. The van der Waals surface area contributed by atoms with Crippen LogP contribution in [0.4, 0.5) is 0 Å². The highest BCUT2D eigenvalue weighted by Gasteiger charge is 2.35. The number of aromatic amines is 1. The van der Waals surface area contributed by atoms with E-state index in [-0.39, 0.29) is 32.0 Å². The van der Waals surface area contributed by atoms with Crippen LogP contribution in [-0.4, -0.2) is 35.3 Å². The molecule has 2 N–H and O–H groups in total. The van der Waals surface area contributed by atoms with Crippen molar-refractivity contribution in [2.75, 3.05) is 20.0 Å². The van der Waals surface area contributed by atoms with Crippen molar-refractivity contribution < 1.29 is 28.2 Å². The van der Waals surface area contributed by atoms with Crippen LogP contribution in [0.15, 0.2) is 18.2 Å². The van der Waals surface area contributed by atoms with Crippen LogP contribution in [0.1, 0.15) is 19.5 Å². The van der Waals surface area contributed by atoms with Gasteiger partial charge in [0.25, 0.3) is 0 Å². The Labute approximate surface area is 139 Å². The topological polar surface area (TPSA) is 103 Å². The minimum Gasteiger partial charge on any atom is -0.454 e. The largest absolute Gasteiger partial charge is 0.454 e. The molecule has 9 heteroatoms. The van der Waals surface area contributed by atoms with Crippen molar-refractivity contribution in [1.29, 1.82) is 0 Å². The maximum Gasteiger partial charge on any atom is 0.382 e. The van der Waals surface area contributed by atoms with Gasteiger partial charge in [-0.25, -0.2) is 0 Å². The fourth-order valence-electron chi connectivity index (χ4n) is 2.53. The van der Waals surface area contributed by atoms with Crippen molar-refractivity contribution in [3.05, 3.63) is 23.9 Å². The highest BCUT2D eigenvalue weighted by atomic mass is 31.2. The molecule has 0 bridgehead atoms. The molecule has 2 heterocycles. The Morgan fingerprint density at radius 1 is 1.25 bits per heavy atom. The van der Waals surface area contributed by atoms with Gasteiger partial charge in [0.05, 0.1) is 25.5 Å². The molecule has 0 radical (unpaired) electrons. The van der Waals surface area contributed by atoms with Gasteiger partial charge in [-0.05, 0) is 31.5 Å². The maximum absolute atomic E-state index is 13.1. The number of aliphatic hydroxyl groups excluding tert-OH is 1. The molecule has 0 saturated heterocycles. The molecule has 1 aromatic heterocycles. The smallest absolute Gasteiger partial charge is 0.382 e. The summed E-state index contributed by atoms with van der Waals surface area (Å²) in [5, 5.41) is 16.4. The third kappa shape index (κ3) is 2.93. The molecule has 0 atom stereocenters. The van der Waals surface area contributed by atoms with Crippen LogP contribution in [0.25, 0.3) is 11.1 Å². The zero-order valence-electron chi connectivity index (χ0n) is 13.4. The Morgan fingerprint density at radius 3 is 2.62 bits per heavy atom. The molecule has 8 nitrogen and oxygen atoms in total. The van der Waals surface area contributed by atoms with E-state index in [0.717, 1.165) is 0 Å². The quantitative estimate of drug-likeness (QED) is 0.735. The third-order valence-corrected chi connectivity index (χ3v) is 5.54. The number of hydrogen-bond donors (Lipinski definition) is 2. The summed E-state index contributed by atoms with van der Waals surface area (Å²) in [5.41, 5.74) is 1.73. The van der Waals surface area contributed by atoms with Crippen molar-refractivity contribution in [3.8, 4) is 22.6 Å². The summed E-state index contributed by atoms with van der Waals surface area (Å²) in [6.45, 7) is 3.73. The fourth-order valence-corrected chi connectivity index (χ4v) is 4.24. The lowest BCUT2D eigenvalue weighted by molar-refractivity contribution is 0.174. The summed E-state index contributed by atoms with van der Waals surface area (Å²) < 4.78 is 34.6. The number of rotatable bonds is 7. The van der Waals surface area contributed by atoms with Crippen LogP contribution in [0.5, 0.6) is 11.5 Å². The van der Waals surface area contributed by atoms with E-state index in [1.165, 1.54) is 0 Å². The van der Waals surface area contributed by atoms with Gasteiger partial charge in [-0.1, -0.05) is 6.07 Å². The summed E-state index contributed by atoms with van der Waals surface area (Å²) in [7, 11) is -3.61. The Kier molecular flexibility index (Phi) is 4.91. The Morgan fingerprint density at radius 2 is 1.96 bits per heavy atom. The van der Waals surface area contributed by atoms with Gasteiger partial charge in [0.2, 0.25) is 6.79 Å². The average molecular weight is 354 g/mol. The summed E-state index contributed by atoms with van der Waals surface area (Å²) in [6.07, 6.45) is 0. The van der Waals surface area contributed by atoms with Crippen molar-refractivity contribution in [3.63, 3.8) is 0 Å². The number of nitrogens with one attached hydrogen (secondary N) is 1. The first kappa shape index (κ1) is 17.0. The normalized spacial score (nSPS) is 13.5. The van der Waals surface area contributed by atoms with E-state index in [9.17, 15) is 9.67 Å². The molecule has 1 aliphatic heterocycles. The van der Waals surface area contributed by atoms with Gasteiger partial charge in [-0.15, -0.1) is 0 Å². The summed E-state index contributed by atoms with van der Waals surface area (Å²) in [4.78, 5) is 0. The van der Waals surface area contributed by atoms with Gasteiger partial charge in [0.15, 0.2) is 16.9 Å². The Hall–Kier alpha value is -1.86. The van der Waals surface area contributed by atoms with Crippen molar-refractivity contribution in [2.24, 2.45) is 0 Å². The molecule has 0 unspecified atom stereocenters. The first-order valence-corrected chi connectivity index (χ1v) is 9.15. The van der Waals surface area contributed by atoms with E-state index in [1.54, 1.807) is 32.0 Å². The Bertz CT molecular complexity index is 765. The van der Waals surface area contributed by atoms with E-state index >= 15 is 0 Å². The van der Waals surface area contributed by atoms with Gasteiger partial charge < -0.3 is 23.6 Å². The zero-order valence-corrected chi connectivity index (χ0v) is 14.3. The van der Waals surface area contributed by atoms with E-state index in [4.69, 9.17) is 18.5 Å². The SMILES string of the molecule is CCOP(=O)(OCC)c1n[nH]c(CO)c1-c1ccc2c(c1)OCO2. The lowest BCUT2D eigenvalue weighted by Crippen LogP contribution is -2.14. The number of aliphatic hydroxyl groups is 1. The number of hydrogen-bond acceptors (Lipinski definition) is 7. The van der Waals surface area contributed by atoms with Crippen LogP contribution in [0.2, 0.25) is 0 Å². The molecule has 0 fully saturated rings. The van der Waals surface area contributed by atoms with Gasteiger partial charge in [0, 0.05) is 5.56 Å². The number of ether oxygens (including phenoxy) is 2. The molecule has 1 aromatic carbocycles. The molecule has 3 rings (SSSR count). The minimum atomic E-state index is -3.61. The van der Waals surface area contributed by atoms with Gasteiger partial charge in [0.1, 0.15) is 0 Å². The van der Waals surface area contributed by atoms with Crippen molar-refractivity contribution >= 4 is 13.0 Å². The third-order valence-electron chi connectivity index (χ3n) is 3.50.